The summed E-state index contributed by atoms with van der Waals surface area (Å²) in [6, 6.07) is 14.1. The number of benzene rings is 2. The molecule has 1 fully saturated rings. The van der Waals surface area contributed by atoms with Crippen molar-refractivity contribution in [2.45, 2.75) is 18.9 Å². The van der Waals surface area contributed by atoms with Gasteiger partial charge in [0.15, 0.2) is 0 Å². The average Bonchev–Trinajstić information content (AvgIpc) is 2.73. The molecular weight excluding hydrogens is 361 g/mol. The van der Waals surface area contributed by atoms with Crippen molar-refractivity contribution in [3.8, 4) is 0 Å². The third-order valence-corrected chi connectivity index (χ3v) is 4.68. The van der Waals surface area contributed by atoms with Crippen molar-refractivity contribution in [3.63, 3.8) is 0 Å². The van der Waals surface area contributed by atoms with Crippen molar-refractivity contribution in [1.29, 1.82) is 0 Å². The predicted octanol–water partition coefficient (Wildman–Crippen LogP) is 1.98. The zero-order valence-electron chi connectivity index (χ0n) is 15.4. The van der Waals surface area contributed by atoms with Gasteiger partial charge in [-0.15, -0.1) is 0 Å². The maximum absolute atomic E-state index is 13.0. The first-order valence-electron chi connectivity index (χ1n) is 9.20. The molecule has 1 saturated heterocycles. The van der Waals surface area contributed by atoms with Gasteiger partial charge in [-0.2, -0.15) is 0 Å². The molecule has 0 aromatic heterocycles. The first-order chi connectivity index (χ1) is 13.5. The number of nitrogens with zero attached hydrogens (tertiary/aromatic N) is 1. The van der Waals surface area contributed by atoms with Crippen LogP contribution in [0.5, 0.6) is 0 Å². The smallest absolute Gasteiger partial charge is 0.253 e. The maximum Gasteiger partial charge on any atom is 0.253 e. The van der Waals surface area contributed by atoms with Gasteiger partial charge in [0.2, 0.25) is 5.91 Å². The van der Waals surface area contributed by atoms with E-state index in [2.05, 4.69) is 10.6 Å². The molecule has 6 nitrogen and oxygen atoms in total. The van der Waals surface area contributed by atoms with Crippen molar-refractivity contribution in [2.75, 3.05) is 19.6 Å². The van der Waals surface area contributed by atoms with Gasteiger partial charge in [0, 0.05) is 30.3 Å². The highest BCUT2D eigenvalue weighted by atomic mass is 19.1. The van der Waals surface area contributed by atoms with Crippen LogP contribution in [-0.4, -0.2) is 48.3 Å². The van der Waals surface area contributed by atoms with Gasteiger partial charge in [-0.25, -0.2) is 4.39 Å². The third kappa shape index (κ3) is 5.16. The molecule has 2 N–H and O–H groups in total. The third-order valence-electron chi connectivity index (χ3n) is 4.68. The number of hydrogen-bond acceptors (Lipinski definition) is 3. The van der Waals surface area contributed by atoms with E-state index in [1.165, 1.54) is 24.3 Å². The fraction of sp³-hybridized carbons (Fsp3) is 0.286. The quantitative estimate of drug-likeness (QED) is 0.829. The molecule has 0 radical (unpaired) electrons. The van der Waals surface area contributed by atoms with Gasteiger partial charge >= 0.3 is 0 Å². The number of piperidine rings is 1. The summed E-state index contributed by atoms with van der Waals surface area (Å²) in [5, 5.41) is 5.49. The highest BCUT2D eigenvalue weighted by Gasteiger charge is 2.24. The minimum absolute atomic E-state index is 0.0432. The van der Waals surface area contributed by atoms with E-state index in [-0.39, 0.29) is 36.1 Å². The molecule has 3 amide bonds. The lowest BCUT2D eigenvalue weighted by Crippen LogP contribution is -2.48. The van der Waals surface area contributed by atoms with Gasteiger partial charge < -0.3 is 15.5 Å². The van der Waals surface area contributed by atoms with E-state index in [1.807, 2.05) is 6.07 Å². The zero-order chi connectivity index (χ0) is 19.9. The highest BCUT2D eigenvalue weighted by Crippen LogP contribution is 2.14. The van der Waals surface area contributed by atoms with Crippen LogP contribution >= 0.6 is 0 Å². The molecule has 2 aromatic rings. The number of carbonyl (C=O) groups excluding carboxylic acids is 3. The first-order valence-corrected chi connectivity index (χ1v) is 9.20. The highest BCUT2D eigenvalue weighted by molar-refractivity contribution is 5.96. The molecule has 3 rings (SSSR count). The lowest BCUT2D eigenvalue weighted by molar-refractivity contribution is -0.121. The Morgan fingerprint density at radius 2 is 1.57 bits per heavy atom. The average molecular weight is 383 g/mol. The second-order valence-corrected chi connectivity index (χ2v) is 6.69. The van der Waals surface area contributed by atoms with Crippen LogP contribution in [0.1, 0.15) is 33.6 Å². The predicted molar refractivity (Wildman–Crippen MR) is 102 cm³/mol. The molecule has 1 aliphatic heterocycles. The van der Waals surface area contributed by atoms with Crippen molar-refractivity contribution in [3.05, 3.63) is 71.5 Å². The number of halogens is 1. The van der Waals surface area contributed by atoms with Crippen LogP contribution in [0, 0.1) is 5.82 Å². The van der Waals surface area contributed by atoms with E-state index in [1.54, 1.807) is 29.2 Å². The van der Waals surface area contributed by atoms with Gasteiger partial charge in [-0.05, 0) is 49.2 Å². The summed E-state index contributed by atoms with van der Waals surface area (Å²) in [6.07, 6.45) is 1.26. The molecule has 2 aromatic carbocycles. The minimum Gasteiger partial charge on any atom is -0.352 e. The van der Waals surface area contributed by atoms with Gasteiger partial charge in [0.25, 0.3) is 11.8 Å². The second-order valence-electron chi connectivity index (χ2n) is 6.69. The van der Waals surface area contributed by atoms with Crippen molar-refractivity contribution in [1.82, 2.24) is 15.5 Å². The molecule has 0 aliphatic carbocycles. The van der Waals surface area contributed by atoms with Gasteiger partial charge in [0.05, 0.1) is 6.54 Å². The molecule has 146 valence electrons. The number of likely N-dealkylation sites (tertiary alicyclic amines) is 1. The second kappa shape index (κ2) is 9.12. The molecule has 0 unspecified atom stereocenters. The molecule has 1 heterocycles. The molecule has 7 heteroatoms. The van der Waals surface area contributed by atoms with E-state index in [9.17, 15) is 18.8 Å². The summed E-state index contributed by atoms with van der Waals surface area (Å²) in [6.45, 7) is 0.928. The Hall–Kier alpha value is -3.22. The SMILES string of the molecule is O=C(CNC(=O)c1ccccc1)NC1CCN(C(=O)c2ccc(F)cc2)CC1. The van der Waals surface area contributed by atoms with Crippen LogP contribution in [0.3, 0.4) is 0 Å². The van der Waals surface area contributed by atoms with Crippen molar-refractivity contribution >= 4 is 17.7 Å². The van der Waals surface area contributed by atoms with Gasteiger partial charge in [0.1, 0.15) is 5.82 Å². The Bertz CT molecular complexity index is 832. The Morgan fingerprint density at radius 3 is 2.21 bits per heavy atom. The van der Waals surface area contributed by atoms with Crippen LogP contribution in [0.25, 0.3) is 0 Å². The minimum atomic E-state index is -0.377. The Balaban J connectivity index is 1.41. The molecule has 1 aliphatic rings. The van der Waals surface area contributed by atoms with Gasteiger partial charge in [-0.1, -0.05) is 18.2 Å². The zero-order valence-corrected chi connectivity index (χ0v) is 15.4. The number of carbonyl (C=O) groups is 3. The van der Waals surface area contributed by atoms with E-state index in [0.717, 1.165) is 0 Å². The van der Waals surface area contributed by atoms with E-state index in [4.69, 9.17) is 0 Å². The fourth-order valence-electron chi connectivity index (χ4n) is 3.13. The Kier molecular flexibility index (Phi) is 6.37. The molecule has 28 heavy (non-hydrogen) atoms. The summed E-state index contributed by atoms with van der Waals surface area (Å²) in [5.74, 6) is -1.07. The molecular formula is C21H22FN3O3. The van der Waals surface area contributed by atoms with Crippen LogP contribution in [0.15, 0.2) is 54.6 Å². The monoisotopic (exact) mass is 383 g/mol. The molecule has 0 atom stereocenters. The summed E-state index contributed by atoms with van der Waals surface area (Å²) < 4.78 is 13.0. The van der Waals surface area contributed by atoms with Crippen molar-refractivity contribution < 1.29 is 18.8 Å². The van der Waals surface area contributed by atoms with Crippen LogP contribution < -0.4 is 10.6 Å². The van der Waals surface area contributed by atoms with Crippen LogP contribution in [-0.2, 0) is 4.79 Å². The van der Waals surface area contributed by atoms with E-state index in [0.29, 0.717) is 37.1 Å². The summed E-state index contributed by atoms with van der Waals surface area (Å²) in [5.41, 5.74) is 0.954. The summed E-state index contributed by atoms with van der Waals surface area (Å²) >= 11 is 0. The first kappa shape index (κ1) is 19.5. The Labute approximate surface area is 162 Å². The fourth-order valence-corrected chi connectivity index (χ4v) is 3.13. The topological polar surface area (TPSA) is 78.5 Å². The lowest BCUT2D eigenvalue weighted by atomic mass is 10.0. The largest absolute Gasteiger partial charge is 0.352 e. The maximum atomic E-state index is 13.0. The standard InChI is InChI=1S/C21H22FN3O3/c22-17-8-6-16(7-9-17)21(28)25-12-10-18(11-13-25)24-19(26)14-23-20(27)15-4-2-1-3-5-15/h1-9,18H,10-14H2,(H,23,27)(H,24,26). The van der Waals surface area contributed by atoms with E-state index >= 15 is 0 Å². The van der Waals surface area contributed by atoms with E-state index < -0.39 is 0 Å². The molecule has 0 saturated carbocycles. The summed E-state index contributed by atoms with van der Waals surface area (Å²) in [4.78, 5) is 38.2. The number of nitrogens with one attached hydrogen (secondary N) is 2. The molecule has 0 spiro atoms. The van der Waals surface area contributed by atoms with Crippen molar-refractivity contribution in [2.24, 2.45) is 0 Å². The lowest BCUT2D eigenvalue weighted by Gasteiger charge is -2.32. The number of hydrogen-bond donors (Lipinski definition) is 2. The normalized spacial score (nSPS) is 14.4. The number of rotatable bonds is 5. The number of amides is 3. The summed E-state index contributed by atoms with van der Waals surface area (Å²) in [7, 11) is 0. The molecule has 0 bridgehead atoms. The van der Waals surface area contributed by atoms with Gasteiger partial charge in [-0.3, -0.25) is 14.4 Å². The van der Waals surface area contributed by atoms with Crippen LogP contribution in [0.2, 0.25) is 0 Å². The van der Waals surface area contributed by atoms with Crippen LogP contribution in [0.4, 0.5) is 4.39 Å². The Morgan fingerprint density at radius 1 is 0.929 bits per heavy atom.